The van der Waals surface area contributed by atoms with Crippen LogP contribution in [0.3, 0.4) is 0 Å². The number of methoxy groups -OCH3 is 1. The molecule has 0 aromatic rings. The van der Waals surface area contributed by atoms with Crippen LogP contribution in [-0.4, -0.2) is 38.0 Å². The van der Waals surface area contributed by atoms with Gasteiger partial charge in [-0.25, -0.2) is 0 Å². The van der Waals surface area contributed by atoms with Gasteiger partial charge in [-0.2, -0.15) is 0 Å². The molecule has 98 valence electrons. The highest BCUT2D eigenvalue weighted by molar-refractivity contribution is 5.13. The second-order valence-electron chi connectivity index (χ2n) is 4.73. The molecule has 1 spiro atoms. The fraction of sp³-hybridized carbons (Fsp3) is 0.846. The average molecular weight is 242 g/mol. The van der Waals surface area contributed by atoms with Crippen molar-refractivity contribution in [2.45, 2.75) is 50.8 Å². The van der Waals surface area contributed by atoms with E-state index >= 15 is 0 Å². The molecule has 1 saturated heterocycles. The van der Waals surface area contributed by atoms with Crippen LogP contribution in [-0.2, 0) is 18.9 Å². The molecular formula is C13H22O4. The van der Waals surface area contributed by atoms with Crippen molar-refractivity contribution in [1.82, 2.24) is 0 Å². The summed E-state index contributed by atoms with van der Waals surface area (Å²) in [6.07, 6.45) is 7.00. The standard InChI is InChI=1S/C13H22O4/c1-4-5-6-11-13(16-10-9-15-11)8-7-12(2,14-3)17-13/h7-8,11H,4-6,9-10H2,1-3H3. The topological polar surface area (TPSA) is 36.9 Å². The molecule has 2 rings (SSSR count). The Hall–Kier alpha value is -0.420. The lowest BCUT2D eigenvalue weighted by Gasteiger charge is -2.41. The van der Waals surface area contributed by atoms with Crippen LogP contribution in [0, 0.1) is 0 Å². The number of unbranched alkanes of at least 4 members (excludes halogenated alkanes) is 1. The lowest BCUT2D eigenvalue weighted by Crippen LogP contribution is -2.52. The van der Waals surface area contributed by atoms with Crippen LogP contribution in [0.15, 0.2) is 12.2 Å². The summed E-state index contributed by atoms with van der Waals surface area (Å²) in [5.41, 5.74) is 0. The van der Waals surface area contributed by atoms with Gasteiger partial charge in [0.2, 0.25) is 5.79 Å². The third-order valence-electron chi connectivity index (χ3n) is 3.38. The lowest BCUT2D eigenvalue weighted by molar-refractivity contribution is -0.350. The van der Waals surface area contributed by atoms with Crippen molar-refractivity contribution in [3.8, 4) is 0 Å². The van der Waals surface area contributed by atoms with Gasteiger partial charge in [0.1, 0.15) is 6.10 Å². The van der Waals surface area contributed by atoms with E-state index in [2.05, 4.69) is 6.92 Å². The molecule has 0 aromatic heterocycles. The number of rotatable bonds is 4. The zero-order chi connectivity index (χ0) is 12.4. The van der Waals surface area contributed by atoms with Crippen LogP contribution >= 0.6 is 0 Å². The lowest BCUT2D eigenvalue weighted by atomic mass is 10.0. The Bertz CT molecular complexity index is 291. The summed E-state index contributed by atoms with van der Waals surface area (Å²) in [6, 6.07) is 0. The number of hydrogen-bond acceptors (Lipinski definition) is 4. The first kappa shape index (κ1) is 13.0. The second kappa shape index (κ2) is 5.06. The molecule has 0 aromatic carbocycles. The molecule has 0 bridgehead atoms. The van der Waals surface area contributed by atoms with Crippen molar-refractivity contribution in [1.29, 1.82) is 0 Å². The Kier molecular flexibility index (Phi) is 3.88. The van der Waals surface area contributed by atoms with E-state index in [1.165, 1.54) is 0 Å². The normalized spacial score (nSPS) is 41.2. The minimum Gasteiger partial charge on any atom is -0.370 e. The highest BCUT2D eigenvalue weighted by Gasteiger charge is 2.50. The quantitative estimate of drug-likeness (QED) is 0.708. The van der Waals surface area contributed by atoms with Crippen molar-refractivity contribution in [2.75, 3.05) is 20.3 Å². The van der Waals surface area contributed by atoms with Crippen molar-refractivity contribution >= 4 is 0 Å². The predicted molar refractivity (Wildman–Crippen MR) is 63.6 cm³/mol. The van der Waals surface area contributed by atoms with Crippen LogP contribution in [0.4, 0.5) is 0 Å². The summed E-state index contributed by atoms with van der Waals surface area (Å²) in [5.74, 6) is -1.46. The molecule has 17 heavy (non-hydrogen) atoms. The first-order valence-corrected chi connectivity index (χ1v) is 6.35. The van der Waals surface area contributed by atoms with E-state index in [4.69, 9.17) is 18.9 Å². The van der Waals surface area contributed by atoms with Gasteiger partial charge < -0.3 is 18.9 Å². The van der Waals surface area contributed by atoms with Gasteiger partial charge in [0.25, 0.3) is 0 Å². The molecule has 0 aliphatic carbocycles. The van der Waals surface area contributed by atoms with E-state index in [0.717, 1.165) is 19.3 Å². The molecule has 2 heterocycles. The maximum absolute atomic E-state index is 5.96. The van der Waals surface area contributed by atoms with E-state index in [0.29, 0.717) is 13.2 Å². The fourth-order valence-electron chi connectivity index (χ4n) is 2.29. The maximum atomic E-state index is 5.96. The van der Waals surface area contributed by atoms with Gasteiger partial charge in [0.15, 0.2) is 5.79 Å². The largest absolute Gasteiger partial charge is 0.370 e. The summed E-state index contributed by atoms with van der Waals surface area (Å²) in [5, 5.41) is 0. The number of hydrogen-bond donors (Lipinski definition) is 0. The van der Waals surface area contributed by atoms with Gasteiger partial charge in [-0.15, -0.1) is 0 Å². The van der Waals surface area contributed by atoms with Gasteiger partial charge in [0.05, 0.1) is 13.2 Å². The SMILES string of the molecule is CCCCC1OCCOC12C=CC(C)(OC)O2. The van der Waals surface area contributed by atoms with Crippen LogP contribution in [0.25, 0.3) is 0 Å². The van der Waals surface area contributed by atoms with Gasteiger partial charge >= 0.3 is 0 Å². The third-order valence-corrected chi connectivity index (χ3v) is 3.38. The highest BCUT2D eigenvalue weighted by atomic mass is 16.8. The van der Waals surface area contributed by atoms with E-state index in [-0.39, 0.29) is 6.10 Å². The Morgan fingerprint density at radius 1 is 1.35 bits per heavy atom. The smallest absolute Gasteiger partial charge is 0.218 e. The molecule has 0 radical (unpaired) electrons. The van der Waals surface area contributed by atoms with Crippen LogP contribution in [0.1, 0.15) is 33.1 Å². The van der Waals surface area contributed by atoms with Crippen LogP contribution in [0.2, 0.25) is 0 Å². The molecule has 3 atom stereocenters. The molecule has 0 saturated carbocycles. The molecule has 4 heteroatoms. The van der Waals surface area contributed by atoms with Gasteiger partial charge in [-0.1, -0.05) is 19.8 Å². The van der Waals surface area contributed by atoms with Crippen molar-refractivity contribution < 1.29 is 18.9 Å². The zero-order valence-electron chi connectivity index (χ0n) is 10.9. The summed E-state index contributed by atoms with van der Waals surface area (Å²) in [4.78, 5) is 0. The van der Waals surface area contributed by atoms with Crippen LogP contribution < -0.4 is 0 Å². The minimum atomic E-state index is -0.752. The van der Waals surface area contributed by atoms with Crippen molar-refractivity contribution in [3.05, 3.63) is 12.2 Å². The fourth-order valence-corrected chi connectivity index (χ4v) is 2.29. The first-order chi connectivity index (χ1) is 8.14. The van der Waals surface area contributed by atoms with Crippen molar-refractivity contribution in [3.63, 3.8) is 0 Å². The zero-order valence-corrected chi connectivity index (χ0v) is 10.9. The molecule has 1 fully saturated rings. The third kappa shape index (κ3) is 2.55. The Morgan fingerprint density at radius 2 is 2.18 bits per heavy atom. The van der Waals surface area contributed by atoms with E-state index in [1.54, 1.807) is 7.11 Å². The monoisotopic (exact) mass is 242 g/mol. The van der Waals surface area contributed by atoms with Crippen molar-refractivity contribution in [2.24, 2.45) is 0 Å². The first-order valence-electron chi connectivity index (χ1n) is 6.35. The summed E-state index contributed by atoms with van der Waals surface area (Å²) in [7, 11) is 1.63. The second-order valence-corrected chi connectivity index (χ2v) is 4.73. The Balaban J connectivity index is 2.08. The Labute approximate surface area is 103 Å². The average Bonchev–Trinajstić information content (AvgIpc) is 2.68. The van der Waals surface area contributed by atoms with Gasteiger partial charge in [-0.3, -0.25) is 0 Å². The highest BCUT2D eigenvalue weighted by Crippen LogP contribution is 2.39. The summed E-state index contributed by atoms with van der Waals surface area (Å²) < 4.78 is 22.9. The molecule has 0 N–H and O–H groups in total. The van der Waals surface area contributed by atoms with E-state index in [1.807, 2.05) is 19.1 Å². The minimum absolute atomic E-state index is 0.0376. The van der Waals surface area contributed by atoms with Gasteiger partial charge in [0, 0.05) is 7.11 Å². The summed E-state index contributed by atoms with van der Waals surface area (Å²) in [6.45, 7) is 5.25. The van der Waals surface area contributed by atoms with E-state index in [9.17, 15) is 0 Å². The maximum Gasteiger partial charge on any atom is 0.218 e. The molecule has 0 amide bonds. The Morgan fingerprint density at radius 3 is 2.82 bits per heavy atom. The molecular weight excluding hydrogens is 220 g/mol. The molecule has 2 aliphatic rings. The van der Waals surface area contributed by atoms with Gasteiger partial charge in [-0.05, 0) is 25.5 Å². The number of ether oxygens (including phenoxy) is 4. The van der Waals surface area contributed by atoms with E-state index < -0.39 is 11.6 Å². The molecule has 3 unspecified atom stereocenters. The van der Waals surface area contributed by atoms with Crippen LogP contribution in [0.5, 0.6) is 0 Å². The predicted octanol–water partition coefficient (Wildman–Crippen LogP) is 2.24. The molecule has 2 aliphatic heterocycles. The summed E-state index contributed by atoms with van der Waals surface area (Å²) >= 11 is 0. The molecule has 4 nitrogen and oxygen atoms in total.